The molecule has 0 bridgehead atoms. The standard InChI is InChI=1S/C7H12Cl2O3/c1-3-11-7(10)12-4-6(9)5(2)8/h5-6H,3-4H2,1-2H3. The third-order valence-corrected chi connectivity index (χ3v) is 2.06. The molecule has 0 N–H and O–H groups in total. The van der Waals surface area contributed by atoms with Gasteiger partial charge in [-0.3, -0.25) is 0 Å². The van der Waals surface area contributed by atoms with Gasteiger partial charge in [-0.1, -0.05) is 0 Å². The van der Waals surface area contributed by atoms with Crippen molar-refractivity contribution in [2.75, 3.05) is 13.2 Å². The van der Waals surface area contributed by atoms with E-state index in [-0.39, 0.29) is 17.4 Å². The number of hydrogen-bond acceptors (Lipinski definition) is 3. The summed E-state index contributed by atoms with van der Waals surface area (Å²) in [6.45, 7) is 3.80. The minimum Gasteiger partial charge on any atom is -0.435 e. The van der Waals surface area contributed by atoms with Crippen LogP contribution in [-0.4, -0.2) is 30.1 Å². The van der Waals surface area contributed by atoms with Crippen molar-refractivity contribution >= 4 is 29.4 Å². The zero-order chi connectivity index (χ0) is 9.56. The highest BCUT2D eigenvalue weighted by atomic mass is 35.5. The molecule has 0 saturated carbocycles. The lowest BCUT2D eigenvalue weighted by molar-refractivity contribution is 0.0590. The van der Waals surface area contributed by atoms with E-state index in [0.29, 0.717) is 6.61 Å². The van der Waals surface area contributed by atoms with Crippen LogP contribution in [-0.2, 0) is 9.47 Å². The highest BCUT2D eigenvalue weighted by Gasteiger charge is 2.14. The zero-order valence-electron chi connectivity index (χ0n) is 7.05. The number of ether oxygens (including phenoxy) is 2. The fourth-order valence-electron chi connectivity index (χ4n) is 0.440. The van der Waals surface area contributed by atoms with Crippen molar-refractivity contribution in [1.82, 2.24) is 0 Å². The highest BCUT2D eigenvalue weighted by Crippen LogP contribution is 2.09. The predicted molar refractivity (Wildman–Crippen MR) is 47.9 cm³/mol. The van der Waals surface area contributed by atoms with Gasteiger partial charge in [-0.15, -0.1) is 23.2 Å². The Morgan fingerprint density at radius 2 is 2.00 bits per heavy atom. The van der Waals surface area contributed by atoms with E-state index in [0.717, 1.165) is 0 Å². The smallest absolute Gasteiger partial charge is 0.435 e. The first-order valence-electron chi connectivity index (χ1n) is 3.65. The maximum Gasteiger partial charge on any atom is 0.508 e. The topological polar surface area (TPSA) is 35.5 Å². The van der Waals surface area contributed by atoms with Gasteiger partial charge in [0.15, 0.2) is 0 Å². The zero-order valence-corrected chi connectivity index (χ0v) is 8.56. The van der Waals surface area contributed by atoms with Crippen molar-refractivity contribution in [3.63, 3.8) is 0 Å². The van der Waals surface area contributed by atoms with E-state index >= 15 is 0 Å². The van der Waals surface area contributed by atoms with Gasteiger partial charge in [-0.25, -0.2) is 4.79 Å². The van der Waals surface area contributed by atoms with Gasteiger partial charge in [0.2, 0.25) is 0 Å². The summed E-state index contributed by atoms with van der Waals surface area (Å²) in [7, 11) is 0. The number of carbonyl (C=O) groups excluding carboxylic acids is 1. The van der Waals surface area contributed by atoms with Crippen LogP contribution in [0, 0.1) is 0 Å². The molecular formula is C7H12Cl2O3. The lowest BCUT2D eigenvalue weighted by atomic mass is 10.3. The van der Waals surface area contributed by atoms with Crippen LogP contribution < -0.4 is 0 Å². The maximum absolute atomic E-state index is 10.6. The fraction of sp³-hybridized carbons (Fsp3) is 0.857. The first-order valence-corrected chi connectivity index (χ1v) is 4.53. The van der Waals surface area contributed by atoms with E-state index in [9.17, 15) is 4.79 Å². The monoisotopic (exact) mass is 214 g/mol. The van der Waals surface area contributed by atoms with Crippen LogP contribution in [0.5, 0.6) is 0 Å². The van der Waals surface area contributed by atoms with E-state index in [2.05, 4.69) is 9.47 Å². The predicted octanol–water partition coefficient (Wildman–Crippen LogP) is 2.39. The molecule has 0 saturated heterocycles. The van der Waals surface area contributed by atoms with E-state index in [1.54, 1.807) is 13.8 Å². The molecule has 12 heavy (non-hydrogen) atoms. The van der Waals surface area contributed by atoms with Gasteiger partial charge in [0.05, 0.1) is 17.4 Å². The largest absolute Gasteiger partial charge is 0.508 e. The number of carbonyl (C=O) groups is 1. The van der Waals surface area contributed by atoms with Gasteiger partial charge < -0.3 is 9.47 Å². The minimum absolute atomic E-state index is 0.0745. The minimum atomic E-state index is -0.708. The average Bonchev–Trinajstić information content (AvgIpc) is 2.00. The van der Waals surface area contributed by atoms with Crippen molar-refractivity contribution in [3.05, 3.63) is 0 Å². The molecular weight excluding hydrogens is 203 g/mol. The maximum atomic E-state index is 10.6. The van der Waals surface area contributed by atoms with E-state index in [1.807, 2.05) is 0 Å². The van der Waals surface area contributed by atoms with Crippen molar-refractivity contribution < 1.29 is 14.3 Å². The summed E-state index contributed by atoms with van der Waals surface area (Å²) in [6.07, 6.45) is -0.708. The summed E-state index contributed by atoms with van der Waals surface area (Å²) in [6, 6.07) is 0. The summed E-state index contributed by atoms with van der Waals surface area (Å²) in [5, 5.41) is -0.614. The van der Waals surface area contributed by atoms with Crippen LogP contribution in [0.2, 0.25) is 0 Å². The summed E-state index contributed by atoms with van der Waals surface area (Å²) >= 11 is 11.3. The van der Waals surface area contributed by atoms with E-state index in [4.69, 9.17) is 23.2 Å². The third-order valence-electron chi connectivity index (χ3n) is 1.12. The molecule has 2 unspecified atom stereocenters. The number of hydrogen-bond donors (Lipinski definition) is 0. The van der Waals surface area contributed by atoms with E-state index < -0.39 is 6.16 Å². The van der Waals surface area contributed by atoms with Crippen molar-refractivity contribution in [3.8, 4) is 0 Å². The lowest BCUT2D eigenvalue weighted by Crippen LogP contribution is -2.21. The van der Waals surface area contributed by atoms with Gasteiger partial charge in [-0.05, 0) is 13.8 Å². The van der Waals surface area contributed by atoms with Crippen molar-refractivity contribution in [2.24, 2.45) is 0 Å². The second kappa shape index (κ2) is 6.38. The van der Waals surface area contributed by atoms with Crippen molar-refractivity contribution in [1.29, 1.82) is 0 Å². The first kappa shape index (κ1) is 11.8. The van der Waals surface area contributed by atoms with E-state index in [1.165, 1.54) is 0 Å². The summed E-state index contributed by atoms with van der Waals surface area (Å²) < 4.78 is 9.14. The Morgan fingerprint density at radius 1 is 1.42 bits per heavy atom. The molecule has 0 fully saturated rings. The molecule has 72 valence electrons. The molecule has 5 heteroatoms. The number of alkyl halides is 2. The second-order valence-corrected chi connectivity index (χ2v) is 3.44. The SMILES string of the molecule is CCOC(=O)OCC(Cl)C(C)Cl. The molecule has 0 aromatic carbocycles. The Balaban J connectivity index is 3.47. The van der Waals surface area contributed by atoms with Crippen LogP contribution in [0.3, 0.4) is 0 Å². The van der Waals surface area contributed by atoms with Crippen LogP contribution >= 0.6 is 23.2 Å². The Bertz CT molecular complexity index is 139. The highest BCUT2D eigenvalue weighted by molar-refractivity contribution is 6.29. The Kier molecular flexibility index (Phi) is 6.30. The number of halogens is 2. The Hall–Kier alpha value is -0.150. The first-order chi connectivity index (χ1) is 5.57. The molecule has 2 atom stereocenters. The molecule has 0 rings (SSSR count). The van der Waals surface area contributed by atoms with Crippen LogP contribution in [0.4, 0.5) is 4.79 Å². The number of rotatable bonds is 4. The lowest BCUT2D eigenvalue weighted by Gasteiger charge is -2.11. The van der Waals surface area contributed by atoms with Crippen LogP contribution in [0.25, 0.3) is 0 Å². The third kappa shape index (κ3) is 5.49. The Labute approximate surface area is 81.9 Å². The quantitative estimate of drug-likeness (QED) is 0.533. The molecule has 0 amide bonds. The molecule has 0 heterocycles. The van der Waals surface area contributed by atoms with Gasteiger partial charge in [0.25, 0.3) is 0 Å². The molecule has 0 aliphatic carbocycles. The van der Waals surface area contributed by atoms with Crippen LogP contribution in [0.1, 0.15) is 13.8 Å². The summed E-state index contributed by atoms with van der Waals surface area (Å²) in [5.41, 5.74) is 0. The van der Waals surface area contributed by atoms with Crippen molar-refractivity contribution in [2.45, 2.75) is 24.6 Å². The summed E-state index contributed by atoms with van der Waals surface area (Å²) in [5.74, 6) is 0. The van der Waals surface area contributed by atoms with Crippen LogP contribution in [0.15, 0.2) is 0 Å². The average molecular weight is 215 g/mol. The Morgan fingerprint density at radius 3 is 2.42 bits per heavy atom. The molecule has 0 radical (unpaired) electrons. The molecule has 0 aliphatic heterocycles. The second-order valence-electron chi connectivity index (χ2n) is 2.19. The van der Waals surface area contributed by atoms with Gasteiger partial charge in [0.1, 0.15) is 6.61 Å². The summed E-state index contributed by atoms with van der Waals surface area (Å²) in [4.78, 5) is 10.6. The molecule has 0 aliphatic rings. The normalized spacial score (nSPS) is 15.0. The molecule has 0 aromatic heterocycles. The molecule has 0 aromatic rings. The fourth-order valence-corrected chi connectivity index (χ4v) is 0.575. The van der Waals surface area contributed by atoms with Gasteiger partial charge in [-0.2, -0.15) is 0 Å². The van der Waals surface area contributed by atoms with Gasteiger partial charge in [0, 0.05) is 0 Å². The molecule has 0 spiro atoms. The molecule has 3 nitrogen and oxygen atoms in total. The van der Waals surface area contributed by atoms with Gasteiger partial charge >= 0.3 is 6.16 Å².